The molecule has 0 aliphatic carbocycles. The van der Waals surface area contributed by atoms with Crippen LogP contribution in [0.25, 0.3) is 0 Å². The highest BCUT2D eigenvalue weighted by molar-refractivity contribution is 9.08. The third-order valence-corrected chi connectivity index (χ3v) is 4.37. The quantitative estimate of drug-likeness (QED) is 0.538. The van der Waals surface area contributed by atoms with Crippen LogP contribution in [0.1, 0.15) is 16.7 Å². The van der Waals surface area contributed by atoms with E-state index in [1.165, 1.54) is 0 Å². The molecule has 3 rings (SSSR count). The third kappa shape index (κ3) is 4.54. The van der Waals surface area contributed by atoms with Crippen LogP contribution in [-0.4, -0.2) is 5.11 Å². The van der Waals surface area contributed by atoms with Crippen LogP contribution in [0.2, 0.25) is 0 Å². The van der Waals surface area contributed by atoms with E-state index < -0.39 is 0 Å². The summed E-state index contributed by atoms with van der Waals surface area (Å²) in [5.41, 5.74) is 2.81. The Morgan fingerprint density at radius 1 is 0.680 bits per heavy atom. The first kappa shape index (κ1) is 17.4. The summed E-state index contributed by atoms with van der Waals surface area (Å²) in [6.45, 7) is 0.852. The zero-order chi connectivity index (χ0) is 17.5. The van der Waals surface area contributed by atoms with Gasteiger partial charge in [-0.15, -0.1) is 0 Å². The van der Waals surface area contributed by atoms with Crippen LogP contribution in [0.3, 0.4) is 0 Å². The molecule has 0 atom stereocenters. The number of phenolic OH excluding ortho intramolecular Hbond substituents is 1. The number of hydrogen-bond donors (Lipinski definition) is 1. The predicted octanol–water partition coefficient (Wildman–Crippen LogP) is 5.45. The van der Waals surface area contributed by atoms with Gasteiger partial charge in [0.05, 0.1) is 5.56 Å². The maximum Gasteiger partial charge on any atom is 0.165 e. The zero-order valence-corrected chi connectivity index (χ0v) is 15.3. The molecular formula is C21H19BrO3. The minimum Gasteiger partial charge on any atom is -0.504 e. The lowest BCUT2D eigenvalue weighted by atomic mass is 10.1. The van der Waals surface area contributed by atoms with Gasteiger partial charge in [0.2, 0.25) is 0 Å². The first-order valence-corrected chi connectivity index (χ1v) is 9.14. The van der Waals surface area contributed by atoms with E-state index in [1.54, 1.807) is 6.07 Å². The summed E-state index contributed by atoms with van der Waals surface area (Å²) in [6.07, 6.45) is 0. The average molecular weight is 399 g/mol. The highest BCUT2D eigenvalue weighted by Crippen LogP contribution is 2.38. The van der Waals surface area contributed by atoms with E-state index in [9.17, 15) is 5.11 Å². The molecule has 0 radical (unpaired) electrons. The second-order valence-corrected chi connectivity index (χ2v) is 6.13. The van der Waals surface area contributed by atoms with Gasteiger partial charge in [-0.25, -0.2) is 0 Å². The molecule has 0 aromatic heterocycles. The Hall–Kier alpha value is -2.46. The molecule has 0 spiro atoms. The molecule has 3 aromatic carbocycles. The summed E-state index contributed by atoms with van der Waals surface area (Å²) in [5.74, 6) is 1.20. The normalized spacial score (nSPS) is 10.4. The molecule has 0 aliphatic heterocycles. The number of alkyl halides is 1. The number of hydrogen-bond acceptors (Lipinski definition) is 3. The number of benzene rings is 3. The zero-order valence-electron chi connectivity index (χ0n) is 13.7. The Morgan fingerprint density at radius 2 is 1.16 bits per heavy atom. The van der Waals surface area contributed by atoms with Crippen molar-refractivity contribution in [2.24, 2.45) is 0 Å². The van der Waals surface area contributed by atoms with E-state index in [4.69, 9.17) is 9.47 Å². The van der Waals surface area contributed by atoms with Gasteiger partial charge in [0.25, 0.3) is 0 Å². The lowest BCUT2D eigenvalue weighted by Crippen LogP contribution is -2.00. The fourth-order valence-corrected chi connectivity index (χ4v) is 2.99. The Bertz CT molecular complexity index is 804. The largest absolute Gasteiger partial charge is 0.504 e. The summed E-state index contributed by atoms with van der Waals surface area (Å²) in [6, 6.07) is 23.4. The predicted molar refractivity (Wildman–Crippen MR) is 102 cm³/mol. The van der Waals surface area contributed by atoms with E-state index in [2.05, 4.69) is 15.9 Å². The van der Waals surface area contributed by atoms with E-state index in [-0.39, 0.29) is 5.75 Å². The second kappa shape index (κ2) is 8.58. The van der Waals surface area contributed by atoms with Gasteiger partial charge in [-0.3, -0.25) is 0 Å². The first-order valence-electron chi connectivity index (χ1n) is 8.02. The standard InChI is InChI=1S/C21H19BrO3/c22-13-18-19(24-14-16-7-3-1-4-8-16)11-12-20(21(18)23)25-15-17-9-5-2-6-10-17/h1-12,23H,13-15H2. The molecule has 4 heteroatoms. The lowest BCUT2D eigenvalue weighted by Gasteiger charge is -2.15. The van der Waals surface area contributed by atoms with Crippen LogP contribution in [0.5, 0.6) is 17.2 Å². The van der Waals surface area contributed by atoms with Crippen molar-refractivity contribution in [1.29, 1.82) is 0 Å². The lowest BCUT2D eigenvalue weighted by molar-refractivity contribution is 0.279. The Morgan fingerprint density at radius 3 is 1.68 bits per heavy atom. The van der Waals surface area contributed by atoms with Gasteiger partial charge >= 0.3 is 0 Å². The van der Waals surface area contributed by atoms with E-state index in [0.29, 0.717) is 35.6 Å². The van der Waals surface area contributed by atoms with Crippen molar-refractivity contribution in [2.45, 2.75) is 18.5 Å². The first-order chi connectivity index (χ1) is 12.3. The Kier molecular flexibility index (Phi) is 5.96. The van der Waals surface area contributed by atoms with Crippen LogP contribution in [0.4, 0.5) is 0 Å². The van der Waals surface area contributed by atoms with Crippen molar-refractivity contribution in [1.82, 2.24) is 0 Å². The van der Waals surface area contributed by atoms with Gasteiger partial charge in [-0.1, -0.05) is 76.6 Å². The number of halogens is 1. The van der Waals surface area contributed by atoms with Gasteiger partial charge in [-0.2, -0.15) is 0 Å². The van der Waals surface area contributed by atoms with Crippen LogP contribution < -0.4 is 9.47 Å². The highest BCUT2D eigenvalue weighted by Gasteiger charge is 2.14. The Labute approximate surface area is 156 Å². The highest BCUT2D eigenvalue weighted by atomic mass is 79.9. The summed E-state index contributed by atoms with van der Waals surface area (Å²) in [5, 5.41) is 11.0. The molecule has 1 N–H and O–H groups in total. The van der Waals surface area contributed by atoms with Crippen molar-refractivity contribution in [3.8, 4) is 17.2 Å². The van der Waals surface area contributed by atoms with Crippen molar-refractivity contribution in [2.75, 3.05) is 0 Å². The van der Waals surface area contributed by atoms with E-state index in [1.807, 2.05) is 66.7 Å². The smallest absolute Gasteiger partial charge is 0.165 e. The molecule has 0 saturated heterocycles. The molecule has 0 heterocycles. The van der Waals surface area contributed by atoms with Crippen molar-refractivity contribution < 1.29 is 14.6 Å². The Balaban J connectivity index is 1.72. The van der Waals surface area contributed by atoms with Crippen molar-refractivity contribution in [3.05, 3.63) is 89.5 Å². The van der Waals surface area contributed by atoms with Gasteiger partial charge in [-0.05, 0) is 23.3 Å². The van der Waals surface area contributed by atoms with Crippen LogP contribution in [-0.2, 0) is 18.5 Å². The van der Waals surface area contributed by atoms with Gasteiger partial charge in [0.1, 0.15) is 19.0 Å². The number of ether oxygens (including phenoxy) is 2. The fraction of sp³-hybridized carbons (Fsp3) is 0.143. The van der Waals surface area contributed by atoms with E-state index in [0.717, 1.165) is 11.1 Å². The SMILES string of the molecule is Oc1c(OCc2ccccc2)ccc(OCc2ccccc2)c1CBr. The third-order valence-electron chi connectivity index (χ3n) is 3.81. The molecule has 0 amide bonds. The molecule has 3 aromatic rings. The number of aromatic hydroxyl groups is 1. The minimum atomic E-state index is 0.110. The van der Waals surface area contributed by atoms with Crippen LogP contribution in [0.15, 0.2) is 72.8 Å². The molecule has 25 heavy (non-hydrogen) atoms. The van der Waals surface area contributed by atoms with Crippen molar-refractivity contribution in [3.63, 3.8) is 0 Å². The van der Waals surface area contributed by atoms with Crippen LogP contribution in [0, 0.1) is 0 Å². The molecular weight excluding hydrogens is 380 g/mol. The average Bonchev–Trinajstić information content (AvgIpc) is 2.67. The number of phenols is 1. The fourth-order valence-electron chi connectivity index (χ4n) is 2.45. The summed E-state index contributed by atoms with van der Waals surface area (Å²) >= 11 is 3.42. The maximum absolute atomic E-state index is 10.5. The molecule has 128 valence electrons. The summed E-state index contributed by atoms with van der Waals surface area (Å²) < 4.78 is 11.6. The molecule has 3 nitrogen and oxygen atoms in total. The van der Waals surface area contributed by atoms with Gasteiger partial charge in [0.15, 0.2) is 11.5 Å². The van der Waals surface area contributed by atoms with Crippen LogP contribution >= 0.6 is 15.9 Å². The van der Waals surface area contributed by atoms with E-state index >= 15 is 0 Å². The molecule has 0 bridgehead atoms. The molecule has 0 aliphatic rings. The second-order valence-electron chi connectivity index (χ2n) is 5.57. The molecule has 0 unspecified atom stereocenters. The minimum absolute atomic E-state index is 0.110. The summed E-state index contributed by atoms with van der Waals surface area (Å²) in [4.78, 5) is 0. The van der Waals surface area contributed by atoms with Gasteiger partial charge in [0, 0.05) is 5.33 Å². The topological polar surface area (TPSA) is 38.7 Å². The molecule has 0 saturated carbocycles. The maximum atomic E-state index is 10.5. The molecule has 0 fully saturated rings. The van der Waals surface area contributed by atoms with Crippen molar-refractivity contribution >= 4 is 15.9 Å². The van der Waals surface area contributed by atoms with Gasteiger partial charge < -0.3 is 14.6 Å². The monoisotopic (exact) mass is 398 g/mol. The summed E-state index contributed by atoms with van der Waals surface area (Å²) in [7, 11) is 0. The number of rotatable bonds is 7.